The lowest BCUT2D eigenvalue weighted by atomic mass is 9.81. The molecule has 0 saturated carbocycles. The number of methoxy groups -OCH3 is 2. The van der Waals surface area contributed by atoms with Crippen LogP contribution in [0.2, 0.25) is 0 Å². The van der Waals surface area contributed by atoms with Gasteiger partial charge in [0.25, 0.3) is 0 Å². The smallest absolute Gasteiger partial charge is 0.337 e. The number of esters is 1. The topological polar surface area (TPSA) is 71.5 Å². The van der Waals surface area contributed by atoms with Crippen LogP contribution in [-0.4, -0.2) is 30.3 Å². The molecule has 0 saturated heterocycles. The molecule has 2 unspecified atom stereocenters. The first-order valence-electron chi connectivity index (χ1n) is 9.59. The molecule has 152 valence electrons. The molecule has 5 heteroatoms. The normalized spacial score (nSPS) is 13.3. The lowest BCUT2D eigenvalue weighted by Crippen LogP contribution is -2.11. The van der Waals surface area contributed by atoms with Crippen LogP contribution < -0.4 is 4.74 Å². The molecular formula is C24H27NO4. The summed E-state index contributed by atoms with van der Waals surface area (Å²) in [5, 5.41) is 11.2. The van der Waals surface area contributed by atoms with Gasteiger partial charge in [0.1, 0.15) is 5.75 Å². The summed E-state index contributed by atoms with van der Waals surface area (Å²) in [4.78, 5) is 15.2. The number of benzene rings is 2. The highest BCUT2D eigenvalue weighted by atomic mass is 16.5. The first-order valence-corrected chi connectivity index (χ1v) is 9.59. The van der Waals surface area contributed by atoms with Gasteiger partial charge in [0.2, 0.25) is 0 Å². The maximum Gasteiger partial charge on any atom is 0.337 e. The molecule has 3 aromatic rings. The van der Waals surface area contributed by atoms with Gasteiger partial charge in [-0.05, 0) is 41.3 Å². The Morgan fingerprint density at radius 1 is 1.14 bits per heavy atom. The van der Waals surface area contributed by atoms with Crippen LogP contribution in [0.25, 0.3) is 10.9 Å². The Bertz CT molecular complexity index is 1030. The Hall–Kier alpha value is -3.05. The Morgan fingerprint density at radius 2 is 1.90 bits per heavy atom. The molecule has 0 aliphatic carbocycles. The van der Waals surface area contributed by atoms with Crippen LogP contribution in [0.4, 0.5) is 0 Å². The number of ether oxygens (including phenoxy) is 2. The van der Waals surface area contributed by atoms with Gasteiger partial charge in [-0.3, -0.25) is 0 Å². The summed E-state index contributed by atoms with van der Waals surface area (Å²) in [6, 6.07) is 11.3. The minimum Gasteiger partial charge on any atom is -0.496 e. The number of aliphatic hydroxyl groups is 1. The van der Waals surface area contributed by atoms with Crippen LogP contribution in [0.1, 0.15) is 52.9 Å². The lowest BCUT2D eigenvalue weighted by Gasteiger charge is -2.24. The number of rotatable bonds is 7. The third kappa shape index (κ3) is 3.91. The molecule has 1 heterocycles. The van der Waals surface area contributed by atoms with Crippen molar-refractivity contribution in [1.82, 2.24) is 4.98 Å². The average Bonchev–Trinajstić information content (AvgIpc) is 3.15. The van der Waals surface area contributed by atoms with Crippen LogP contribution in [0.5, 0.6) is 5.75 Å². The number of aromatic amines is 1. The highest BCUT2D eigenvalue weighted by Crippen LogP contribution is 2.41. The van der Waals surface area contributed by atoms with Crippen molar-refractivity contribution in [2.45, 2.75) is 25.9 Å². The molecule has 2 N–H and O–H groups in total. The van der Waals surface area contributed by atoms with Crippen LogP contribution in [0.3, 0.4) is 0 Å². The van der Waals surface area contributed by atoms with Crippen molar-refractivity contribution in [1.29, 1.82) is 0 Å². The molecule has 0 aliphatic rings. The highest BCUT2D eigenvalue weighted by Gasteiger charge is 2.25. The SMILES string of the molecule is C=CC(O)c1ccc2[nH]cc(C(c3ccc(C(=O)OC)cc3OC)C(C)C)c2c1. The van der Waals surface area contributed by atoms with Crippen LogP contribution >= 0.6 is 0 Å². The number of fused-ring (bicyclic) bond motifs is 1. The van der Waals surface area contributed by atoms with Crippen molar-refractivity contribution in [2.24, 2.45) is 5.92 Å². The number of nitrogens with one attached hydrogen (secondary N) is 1. The van der Waals surface area contributed by atoms with Crippen molar-refractivity contribution in [3.63, 3.8) is 0 Å². The van der Waals surface area contributed by atoms with Crippen molar-refractivity contribution in [2.75, 3.05) is 14.2 Å². The van der Waals surface area contributed by atoms with Gasteiger partial charge in [-0.15, -0.1) is 6.58 Å². The first-order chi connectivity index (χ1) is 13.9. The van der Waals surface area contributed by atoms with E-state index in [1.165, 1.54) is 13.2 Å². The van der Waals surface area contributed by atoms with E-state index in [2.05, 4.69) is 25.4 Å². The summed E-state index contributed by atoms with van der Waals surface area (Å²) < 4.78 is 10.5. The zero-order valence-electron chi connectivity index (χ0n) is 17.2. The molecule has 2 atom stereocenters. The summed E-state index contributed by atoms with van der Waals surface area (Å²) in [6.45, 7) is 7.98. The fraction of sp³-hybridized carbons (Fsp3) is 0.292. The molecule has 0 aliphatic heterocycles. The van der Waals surface area contributed by atoms with Crippen molar-refractivity contribution in [3.05, 3.63) is 77.5 Å². The fourth-order valence-corrected chi connectivity index (χ4v) is 3.84. The van der Waals surface area contributed by atoms with Crippen molar-refractivity contribution in [3.8, 4) is 5.75 Å². The zero-order valence-corrected chi connectivity index (χ0v) is 17.2. The molecule has 3 rings (SSSR count). The number of hydrogen-bond donors (Lipinski definition) is 2. The number of carbonyl (C=O) groups is 1. The summed E-state index contributed by atoms with van der Waals surface area (Å²) >= 11 is 0. The maximum atomic E-state index is 11.9. The van der Waals surface area contributed by atoms with E-state index < -0.39 is 12.1 Å². The Kier molecular flexibility index (Phi) is 6.09. The molecule has 0 amide bonds. The number of aliphatic hydroxyl groups excluding tert-OH is 1. The molecule has 2 aromatic carbocycles. The fourth-order valence-electron chi connectivity index (χ4n) is 3.84. The molecule has 29 heavy (non-hydrogen) atoms. The molecular weight excluding hydrogens is 366 g/mol. The standard InChI is InChI=1S/C24H27NO4/c1-6-21(26)15-8-10-20-18(11-15)19(13-25-20)23(14(2)3)17-9-7-16(24(27)29-5)12-22(17)28-4/h6-14,21,23,25-26H,1H2,2-5H3. The third-order valence-corrected chi connectivity index (χ3v) is 5.29. The van der Waals surface area contributed by atoms with E-state index in [9.17, 15) is 9.90 Å². The van der Waals surface area contributed by atoms with Gasteiger partial charge >= 0.3 is 5.97 Å². The van der Waals surface area contributed by atoms with Gasteiger partial charge < -0.3 is 19.6 Å². The van der Waals surface area contributed by atoms with E-state index in [0.29, 0.717) is 11.3 Å². The largest absolute Gasteiger partial charge is 0.496 e. The summed E-state index contributed by atoms with van der Waals surface area (Å²) in [5.41, 5.74) is 4.34. The van der Waals surface area contributed by atoms with E-state index >= 15 is 0 Å². The number of aromatic nitrogens is 1. The third-order valence-electron chi connectivity index (χ3n) is 5.29. The van der Waals surface area contributed by atoms with Gasteiger partial charge in [0, 0.05) is 28.6 Å². The summed E-state index contributed by atoms with van der Waals surface area (Å²) in [5.74, 6) is 0.538. The van der Waals surface area contributed by atoms with Crippen LogP contribution in [0, 0.1) is 5.92 Å². The second-order valence-electron chi connectivity index (χ2n) is 7.40. The molecule has 0 radical (unpaired) electrons. The van der Waals surface area contributed by atoms with E-state index in [1.54, 1.807) is 19.2 Å². The van der Waals surface area contributed by atoms with Gasteiger partial charge in [0.15, 0.2) is 0 Å². The monoisotopic (exact) mass is 393 g/mol. The number of carbonyl (C=O) groups excluding carboxylic acids is 1. The van der Waals surface area contributed by atoms with E-state index in [4.69, 9.17) is 9.47 Å². The second-order valence-corrected chi connectivity index (χ2v) is 7.40. The second kappa shape index (κ2) is 8.53. The van der Waals surface area contributed by atoms with Crippen molar-refractivity contribution >= 4 is 16.9 Å². The summed E-state index contributed by atoms with van der Waals surface area (Å²) in [6.07, 6.45) is 2.81. The quantitative estimate of drug-likeness (QED) is 0.439. The Labute approximate surface area is 171 Å². The lowest BCUT2D eigenvalue weighted by molar-refractivity contribution is 0.0600. The van der Waals surface area contributed by atoms with E-state index in [-0.39, 0.29) is 11.8 Å². The van der Waals surface area contributed by atoms with Gasteiger partial charge in [-0.1, -0.05) is 32.1 Å². The average molecular weight is 393 g/mol. The molecule has 1 aromatic heterocycles. The Morgan fingerprint density at radius 3 is 2.52 bits per heavy atom. The predicted molar refractivity (Wildman–Crippen MR) is 114 cm³/mol. The zero-order chi connectivity index (χ0) is 21.1. The molecule has 0 spiro atoms. The molecule has 0 bridgehead atoms. The first kappa shape index (κ1) is 20.7. The Balaban J connectivity index is 2.16. The molecule has 0 fully saturated rings. The predicted octanol–water partition coefficient (Wildman–Crippen LogP) is 4.97. The van der Waals surface area contributed by atoms with Gasteiger partial charge in [-0.2, -0.15) is 0 Å². The van der Waals surface area contributed by atoms with E-state index in [1.807, 2.05) is 30.5 Å². The van der Waals surface area contributed by atoms with Crippen molar-refractivity contribution < 1.29 is 19.4 Å². The maximum absolute atomic E-state index is 11.9. The molecule has 5 nitrogen and oxygen atoms in total. The van der Waals surface area contributed by atoms with Gasteiger partial charge in [-0.25, -0.2) is 4.79 Å². The number of hydrogen-bond acceptors (Lipinski definition) is 4. The minimum absolute atomic E-state index is 0.0292. The summed E-state index contributed by atoms with van der Waals surface area (Å²) in [7, 11) is 2.96. The minimum atomic E-state index is -0.714. The van der Waals surface area contributed by atoms with Crippen LogP contribution in [0.15, 0.2) is 55.3 Å². The van der Waals surface area contributed by atoms with Gasteiger partial charge in [0.05, 0.1) is 25.9 Å². The van der Waals surface area contributed by atoms with Crippen LogP contribution in [-0.2, 0) is 4.74 Å². The van der Waals surface area contributed by atoms with E-state index in [0.717, 1.165) is 27.6 Å². The number of H-pyrrole nitrogens is 1. The highest BCUT2D eigenvalue weighted by molar-refractivity contribution is 5.90.